The van der Waals surface area contributed by atoms with Gasteiger partial charge in [0.1, 0.15) is 0 Å². The molecular weight excluding hydrogens is 476 g/mol. The number of para-hydroxylation sites is 1. The van der Waals surface area contributed by atoms with E-state index >= 15 is 0 Å². The molecule has 0 fully saturated rings. The van der Waals surface area contributed by atoms with Crippen LogP contribution >= 0.6 is 0 Å². The van der Waals surface area contributed by atoms with Crippen LogP contribution in [-0.4, -0.2) is 49.5 Å². The topological polar surface area (TPSA) is 115 Å². The highest BCUT2D eigenvalue weighted by Crippen LogP contribution is 2.23. The standard InChI is InChI=1S/C27H28N4O4S/c1-3-31(4-2)13-7-12-28-36(34,35)17-10-11-19-23(14-17)30-25-16-20-24(15-21(25)27(19)33)29-22-9-6-5-8-18(22)26(20)32/h5-6,8-11,14-16,28H,3-4,7,12-13H2,1-2H3,(H,29,32)(H,30,33). The summed E-state index contributed by atoms with van der Waals surface area (Å²) in [6.07, 6.45) is 0.701. The SMILES string of the molecule is CCN(CC)CCCNS(=O)(=O)c1ccc2c(=O)c3cc4[nH]c5ccccc5c(=O)c4cc3[nH]c2c1. The number of aromatic amines is 2. The monoisotopic (exact) mass is 504 g/mol. The van der Waals surface area contributed by atoms with E-state index in [1.54, 1.807) is 24.3 Å². The molecule has 3 aromatic carbocycles. The molecule has 0 spiro atoms. The van der Waals surface area contributed by atoms with E-state index in [9.17, 15) is 18.0 Å². The molecule has 0 saturated heterocycles. The molecule has 0 bridgehead atoms. The molecule has 0 saturated carbocycles. The fourth-order valence-electron chi connectivity index (χ4n) is 4.68. The van der Waals surface area contributed by atoms with E-state index in [4.69, 9.17) is 0 Å². The third kappa shape index (κ3) is 4.30. The summed E-state index contributed by atoms with van der Waals surface area (Å²) in [5.74, 6) is 0. The van der Waals surface area contributed by atoms with E-state index < -0.39 is 10.0 Å². The van der Waals surface area contributed by atoms with Crippen LogP contribution in [0.1, 0.15) is 20.3 Å². The molecule has 5 rings (SSSR count). The minimum absolute atomic E-state index is 0.0810. The quantitative estimate of drug-likeness (QED) is 0.220. The van der Waals surface area contributed by atoms with Gasteiger partial charge in [0.25, 0.3) is 0 Å². The van der Waals surface area contributed by atoms with E-state index in [2.05, 4.69) is 33.4 Å². The molecule has 0 amide bonds. The lowest BCUT2D eigenvalue weighted by molar-refractivity contribution is 0.300. The number of H-pyrrole nitrogens is 2. The van der Waals surface area contributed by atoms with Crippen LogP contribution in [0.25, 0.3) is 43.6 Å². The Morgan fingerprint density at radius 2 is 1.33 bits per heavy atom. The lowest BCUT2D eigenvalue weighted by Gasteiger charge is -2.17. The first-order chi connectivity index (χ1) is 17.3. The van der Waals surface area contributed by atoms with Gasteiger partial charge < -0.3 is 14.9 Å². The molecule has 0 aliphatic heterocycles. The van der Waals surface area contributed by atoms with Crippen molar-refractivity contribution in [3.63, 3.8) is 0 Å². The van der Waals surface area contributed by atoms with Gasteiger partial charge in [-0.25, -0.2) is 13.1 Å². The number of sulfonamides is 1. The summed E-state index contributed by atoms with van der Waals surface area (Å²) in [5, 5.41) is 1.82. The third-order valence-corrected chi connectivity index (χ3v) is 8.20. The molecule has 0 unspecified atom stereocenters. The summed E-state index contributed by atoms with van der Waals surface area (Å²) < 4.78 is 28.4. The highest BCUT2D eigenvalue weighted by molar-refractivity contribution is 7.89. The van der Waals surface area contributed by atoms with Crippen molar-refractivity contribution in [2.75, 3.05) is 26.2 Å². The number of hydrogen-bond donors (Lipinski definition) is 3. The van der Waals surface area contributed by atoms with E-state index in [1.165, 1.54) is 18.2 Å². The van der Waals surface area contributed by atoms with Crippen LogP contribution in [0.2, 0.25) is 0 Å². The van der Waals surface area contributed by atoms with Crippen molar-refractivity contribution < 1.29 is 8.42 Å². The lowest BCUT2D eigenvalue weighted by Crippen LogP contribution is -2.30. The van der Waals surface area contributed by atoms with E-state index in [-0.39, 0.29) is 15.8 Å². The van der Waals surface area contributed by atoms with Crippen molar-refractivity contribution in [2.24, 2.45) is 0 Å². The first-order valence-corrected chi connectivity index (χ1v) is 13.6. The molecule has 186 valence electrons. The number of nitrogens with zero attached hydrogens (tertiary/aromatic N) is 1. The van der Waals surface area contributed by atoms with Gasteiger partial charge in [-0.1, -0.05) is 26.0 Å². The number of benzene rings is 3. The number of nitrogens with one attached hydrogen (secondary N) is 3. The van der Waals surface area contributed by atoms with Gasteiger partial charge in [-0.05, 0) is 68.5 Å². The van der Waals surface area contributed by atoms with Crippen LogP contribution in [-0.2, 0) is 10.0 Å². The molecular formula is C27H28N4O4S. The molecule has 2 heterocycles. The van der Waals surface area contributed by atoms with Crippen molar-refractivity contribution >= 4 is 53.6 Å². The smallest absolute Gasteiger partial charge is 0.240 e. The molecule has 3 N–H and O–H groups in total. The fraction of sp³-hybridized carbons (Fsp3) is 0.259. The summed E-state index contributed by atoms with van der Waals surface area (Å²) in [4.78, 5) is 35.1. The molecule has 5 aromatic rings. The minimum Gasteiger partial charge on any atom is -0.354 e. The summed E-state index contributed by atoms with van der Waals surface area (Å²) in [6, 6.07) is 15.0. The minimum atomic E-state index is -3.74. The maximum atomic E-state index is 13.3. The van der Waals surface area contributed by atoms with E-state index in [1.807, 2.05) is 12.1 Å². The average molecular weight is 505 g/mol. The maximum absolute atomic E-state index is 13.3. The van der Waals surface area contributed by atoms with Crippen molar-refractivity contribution in [3.8, 4) is 0 Å². The van der Waals surface area contributed by atoms with E-state index in [0.29, 0.717) is 56.6 Å². The molecule has 8 nitrogen and oxygen atoms in total. The molecule has 0 aliphatic carbocycles. The molecule has 2 aromatic heterocycles. The Kier molecular flexibility index (Phi) is 6.38. The highest BCUT2D eigenvalue weighted by Gasteiger charge is 2.16. The molecule has 0 aliphatic rings. The Labute approximate surface area is 208 Å². The van der Waals surface area contributed by atoms with Crippen LogP contribution in [0.5, 0.6) is 0 Å². The molecule has 9 heteroatoms. The predicted molar refractivity (Wildman–Crippen MR) is 145 cm³/mol. The second-order valence-electron chi connectivity index (χ2n) is 8.88. The second kappa shape index (κ2) is 9.50. The van der Waals surface area contributed by atoms with Crippen LogP contribution in [0.4, 0.5) is 0 Å². The van der Waals surface area contributed by atoms with Gasteiger partial charge in [-0.2, -0.15) is 0 Å². The van der Waals surface area contributed by atoms with Crippen molar-refractivity contribution in [2.45, 2.75) is 25.2 Å². The van der Waals surface area contributed by atoms with Crippen LogP contribution < -0.4 is 15.6 Å². The van der Waals surface area contributed by atoms with Gasteiger partial charge in [-0.15, -0.1) is 0 Å². The van der Waals surface area contributed by atoms with Gasteiger partial charge in [0.15, 0.2) is 10.9 Å². The molecule has 36 heavy (non-hydrogen) atoms. The largest absolute Gasteiger partial charge is 0.354 e. The Morgan fingerprint density at radius 3 is 2.00 bits per heavy atom. The number of aromatic nitrogens is 2. The van der Waals surface area contributed by atoms with Crippen LogP contribution in [0, 0.1) is 0 Å². The van der Waals surface area contributed by atoms with Crippen molar-refractivity contribution in [1.82, 2.24) is 19.6 Å². The normalized spacial score (nSPS) is 12.4. The van der Waals surface area contributed by atoms with Gasteiger partial charge in [0, 0.05) is 33.6 Å². The summed E-state index contributed by atoms with van der Waals surface area (Å²) >= 11 is 0. The van der Waals surface area contributed by atoms with Gasteiger partial charge in [0.05, 0.1) is 21.4 Å². The number of hydrogen-bond acceptors (Lipinski definition) is 5. The van der Waals surface area contributed by atoms with E-state index in [0.717, 1.165) is 19.6 Å². The van der Waals surface area contributed by atoms with Gasteiger partial charge in [0.2, 0.25) is 10.0 Å². The van der Waals surface area contributed by atoms with Crippen LogP contribution in [0.3, 0.4) is 0 Å². The first-order valence-electron chi connectivity index (χ1n) is 12.1. The predicted octanol–water partition coefficient (Wildman–Crippen LogP) is 3.69. The Morgan fingerprint density at radius 1 is 0.750 bits per heavy atom. The zero-order valence-corrected chi connectivity index (χ0v) is 21.0. The number of fused-ring (bicyclic) bond motifs is 4. The lowest BCUT2D eigenvalue weighted by atomic mass is 10.1. The summed E-state index contributed by atoms with van der Waals surface area (Å²) in [5.41, 5.74) is 1.78. The Bertz CT molecular complexity index is 1840. The number of pyridine rings is 2. The molecule has 0 atom stereocenters. The second-order valence-corrected chi connectivity index (χ2v) is 10.6. The Hall–Kier alpha value is -3.53. The summed E-state index contributed by atoms with van der Waals surface area (Å²) in [6.45, 7) is 7.14. The first kappa shape index (κ1) is 24.2. The zero-order valence-electron chi connectivity index (χ0n) is 20.2. The molecule has 0 radical (unpaired) electrons. The highest BCUT2D eigenvalue weighted by atomic mass is 32.2. The van der Waals surface area contributed by atoms with Gasteiger partial charge in [-0.3, -0.25) is 9.59 Å². The summed E-state index contributed by atoms with van der Waals surface area (Å²) in [7, 11) is -3.74. The maximum Gasteiger partial charge on any atom is 0.240 e. The third-order valence-electron chi connectivity index (χ3n) is 6.74. The van der Waals surface area contributed by atoms with Crippen LogP contribution in [0.15, 0.2) is 69.1 Å². The van der Waals surface area contributed by atoms with Crippen molar-refractivity contribution in [3.05, 3.63) is 75.0 Å². The fourth-order valence-corrected chi connectivity index (χ4v) is 5.78. The van der Waals surface area contributed by atoms with Crippen molar-refractivity contribution in [1.29, 1.82) is 0 Å². The zero-order chi connectivity index (χ0) is 25.4. The average Bonchev–Trinajstić information content (AvgIpc) is 2.88. The van der Waals surface area contributed by atoms with Gasteiger partial charge >= 0.3 is 0 Å². The Balaban J connectivity index is 1.55. The number of rotatable bonds is 8.